The van der Waals surface area contributed by atoms with Gasteiger partial charge in [0.1, 0.15) is 0 Å². The van der Waals surface area contributed by atoms with Crippen LogP contribution in [0.5, 0.6) is 0 Å². The van der Waals surface area contributed by atoms with Gasteiger partial charge < -0.3 is 4.84 Å². The summed E-state index contributed by atoms with van der Waals surface area (Å²) in [4.78, 5) is 26.7. The molecule has 2 rings (SSSR count). The molecule has 6 nitrogen and oxygen atoms in total. The summed E-state index contributed by atoms with van der Waals surface area (Å²) in [6, 6.07) is 11.3. The van der Waals surface area contributed by atoms with Gasteiger partial charge in [-0.3, -0.25) is 10.1 Å². The fraction of sp³-hybridized carbons (Fsp3) is 0. The Morgan fingerprint density at radius 2 is 2.00 bits per heavy atom. The van der Waals surface area contributed by atoms with Gasteiger partial charge in [-0.15, -0.1) is 0 Å². The smallest absolute Gasteiger partial charge is 0.313 e. The third-order valence-electron chi connectivity index (χ3n) is 2.12. The van der Waals surface area contributed by atoms with Gasteiger partial charge in [-0.05, 0) is 18.2 Å². The topological polar surface area (TPSA) is 81.8 Å². The van der Waals surface area contributed by atoms with Crippen molar-refractivity contribution in [1.82, 2.24) is 0 Å². The number of carbonyl (C=O) groups excluding carboxylic acids is 1. The van der Waals surface area contributed by atoms with Crippen LogP contribution in [0.25, 0.3) is 0 Å². The Morgan fingerprint density at radius 1 is 1.26 bits per heavy atom. The zero-order valence-corrected chi connectivity index (χ0v) is 10.4. The maximum absolute atomic E-state index is 11.5. The van der Waals surface area contributed by atoms with E-state index in [0.717, 1.165) is 11.3 Å². The van der Waals surface area contributed by atoms with Crippen LogP contribution in [0.2, 0.25) is 0 Å². The molecule has 0 fully saturated rings. The molecule has 0 atom stereocenters. The second-order valence-corrected chi connectivity index (χ2v) is 4.51. The molecule has 19 heavy (non-hydrogen) atoms. The van der Waals surface area contributed by atoms with Crippen molar-refractivity contribution < 1.29 is 14.6 Å². The number of carbonyl (C=O) groups is 1. The van der Waals surface area contributed by atoms with E-state index in [9.17, 15) is 14.9 Å². The number of nitrogens with zero attached hydrogens (tertiary/aromatic N) is 2. The van der Waals surface area contributed by atoms with E-state index in [4.69, 9.17) is 0 Å². The molecule has 0 aliphatic rings. The van der Waals surface area contributed by atoms with E-state index in [-0.39, 0.29) is 5.00 Å². The van der Waals surface area contributed by atoms with E-state index >= 15 is 0 Å². The van der Waals surface area contributed by atoms with Gasteiger partial charge in [0.05, 0.1) is 21.6 Å². The lowest BCUT2D eigenvalue weighted by Crippen LogP contribution is -2.00. The number of oxime groups is 1. The molecule has 0 unspecified atom stereocenters. The summed E-state index contributed by atoms with van der Waals surface area (Å²) in [7, 11) is 0. The van der Waals surface area contributed by atoms with Crippen LogP contribution >= 0.6 is 11.3 Å². The molecule has 0 spiro atoms. The van der Waals surface area contributed by atoms with Crippen molar-refractivity contribution in [2.75, 3.05) is 0 Å². The molecule has 1 aromatic carbocycles. The monoisotopic (exact) mass is 276 g/mol. The SMILES string of the molecule is O=C(O/N=C/c1ccc([N+](=O)[O-])s1)c1ccccc1. The van der Waals surface area contributed by atoms with Crippen molar-refractivity contribution >= 4 is 28.5 Å². The summed E-state index contributed by atoms with van der Waals surface area (Å²) >= 11 is 0.949. The van der Waals surface area contributed by atoms with Crippen LogP contribution in [-0.2, 0) is 4.84 Å². The molecule has 0 saturated carbocycles. The van der Waals surface area contributed by atoms with Crippen molar-refractivity contribution in [3.05, 3.63) is 63.0 Å². The highest BCUT2D eigenvalue weighted by Gasteiger charge is 2.09. The summed E-state index contributed by atoms with van der Waals surface area (Å²) in [6.45, 7) is 0. The van der Waals surface area contributed by atoms with Gasteiger partial charge >= 0.3 is 11.0 Å². The second kappa shape index (κ2) is 5.87. The Labute approximate surface area is 112 Å². The molecule has 0 aliphatic heterocycles. The molecule has 0 bridgehead atoms. The number of hydrogen-bond acceptors (Lipinski definition) is 6. The van der Waals surface area contributed by atoms with Crippen LogP contribution in [0.15, 0.2) is 47.6 Å². The maximum atomic E-state index is 11.5. The largest absolute Gasteiger partial charge is 0.365 e. The highest BCUT2D eigenvalue weighted by atomic mass is 32.1. The molecule has 1 heterocycles. The lowest BCUT2D eigenvalue weighted by molar-refractivity contribution is -0.380. The standard InChI is InChI=1S/C12H8N2O4S/c15-12(9-4-2-1-3-5-9)18-13-8-10-6-7-11(19-10)14(16)17/h1-8H/b13-8+. The van der Waals surface area contributed by atoms with Crippen molar-refractivity contribution in [2.24, 2.45) is 5.16 Å². The van der Waals surface area contributed by atoms with Crippen molar-refractivity contribution in [2.45, 2.75) is 0 Å². The number of thiophene rings is 1. The lowest BCUT2D eigenvalue weighted by Gasteiger charge is -1.95. The molecule has 0 N–H and O–H groups in total. The molecular formula is C12H8N2O4S. The molecular weight excluding hydrogens is 268 g/mol. The van der Waals surface area contributed by atoms with Crippen LogP contribution in [-0.4, -0.2) is 17.1 Å². The van der Waals surface area contributed by atoms with E-state index in [2.05, 4.69) is 9.99 Å². The van der Waals surface area contributed by atoms with Crippen LogP contribution in [0.1, 0.15) is 15.2 Å². The minimum Gasteiger partial charge on any atom is -0.313 e. The Balaban J connectivity index is 1.96. The average molecular weight is 276 g/mol. The molecule has 0 saturated heterocycles. The first kappa shape index (κ1) is 12.9. The van der Waals surface area contributed by atoms with Gasteiger partial charge in [-0.25, -0.2) is 4.79 Å². The summed E-state index contributed by atoms with van der Waals surface area (Å²) < 4.78 is 0. The summed E-state index contributed by atoms with van der Waals surface area (Å²) in [5.41, 5.74) is 0.386. The van der Waals surface area contributed by atoms with Crippen LogP contribution in [0.3, 0.4) is 0 Å². The summed E-state index contributed by atoms with van der Waals surface area (Å²) in [5, 5.41) is 14.0. The van der Waals surface area contributed by atoms with Gasteiger partial charge in [0.25, 0.3) is 0 Å². The van der Waals surface area contributed by atoms with Crippen molar-refractivity contribution in [1.29, 1.82) is 0 Å². The number of rotatable bonds is 4. The van der Waals surface area contributed by atoms with Gasteiger partial charge in [0, 0.05) is 6.07 Å². The van der Waals surface area contributed by atoms with E-state index in [1.54, 1.807) is 30.3 Å². The molecule has 0 radical (unpaired) electrons. The Morgan fingerprint density at radius 3 is 2.63 bits per heavy atom. The Hall–Kier alpha value is -2.54. The third kappa shape index (κ3) is 3.46. The second-order valence-electron chi connectivity index (χ2n) is 3.41. The zero-order chi connectivity index (χ0) is 13.7. The summed E-state index contributed by atoms with van der Waals surface area (Å²) in [6.07, 6.45) is 1.26. The van der Waals surface area contributed by atoms with Gasteiger partial charge in [-0.2, -0.15) is 0 Å². The molecule has 96 valence electrons. The minimum absolute atomic E-state index is 0.0100. The quantitative estimate of drug-likeness (QED) is 0.372. The minimum atomic E-state index is -0.581. The number of nitro groups is 1. The predicted octanol–water partition coefficient (Wildman–Crippen LogP) is 2.85. The highest BCUT2D eigenvalue weighted by Crippen LogP contribution is 2.22. The average Bonchev–Trinajstić information content (AvgIpc) is 2.89. The molecule has 2 aromatic rings. The number of hydrogen-bond donors (Lipinski definition) is 0. The zero-order valence-electron chi connectivity index (χ0n) is 9.55. The maximum Gasteiger partial charge on any atom is 0.365 e. The van der Waals surface area contributed by atoms with Gasteiger partial charge in [0.15, 0.2) is 0 Å². The van der Waals surface area contributed by atoms with Gasteiger partial charge in [0.2, 0.25) is 0 Å². The molecule has 0 aliphatic carbocycles. The molecule has 7 heteroatoms. The fourth-order valence-corrected chi connectivity index (χ4v) is 1.95. The van der Waals surface area contributed by atoms with Gasteiger partial charge in [-0.1, -0.05) is 34.7 Å². The normalized spacial score (nSPS) is 10.5. The van der Waals surface area contributed by atoms with E-state index in [0.29, 0.717) is 10.4 Å². The Kier molecular flexibility index (Phi) is 3.99. The summed E-state index contributed by atoms with van der Waals surface area (Å²) in [5.74, 6) is -0.581. The van der Waals surface area contributed by atoms with Crippen LogP contribution < -0.4 is 0 Å². The van der Waals surface area contributed by atoms with E-state index < -0.39 is 10.9 Å². The third-order valence-corrected chi connectivity index (χ3v) is 3.09. The predicted molar refractivity (Wildman–Crippen MR) is 70.4 cm³/mol. The fourth-order valence-electron chi connectivity index (χ4n) is 1.26. The molecule has 0 amide bonds. The van der Waals surface area contributed by atoms with Crippen LogP contribution in [0, 0.1) is 10.1 Å². The van der Waals surface area contributed by atoms with Crippen molar-refractivity contribution in [3.63, 3.8) is 0 Å². The van der Waals surface area contributed by atoms with Crippen LogP contribution in [0.4, 0.5) is 5.00 Å². The van der Waals surface area contributed by atoms with E-state index in [1.165, 1.54) is 18.3 Å². The lowest BCUT2D eigenvalue weighted by atomic mass is 10.2. The van der Waals surface area contributed by atoms with E-state index in [1.807, 2.05) is 0 Å². The van der Waals surface area contributed by atoms with Crippen molar-refractivity contribution in [3.8, 4) is 0 Å². The molecule has 1 aromatic heterocycles. The Bertz CT molecular complexity index is 622. The first-order chi connectivity index (χ1) is 9.16. The number of benzene rings is 1. The first-order valence-electron chi connectivity index (χ1n) is 5.21. The first-order valence-corrected chi connectivity index (χ1v) is 6.02. The highest BCUT2D eigenvalue weighted by molar-refractivity contribution is 7.16.